The molecular formula is C16H22FNO3. The van der Waals surface area contributed by atoms with E-state index in [0.717, 1.165) is 12.8 Å². The lowest BCUT2D eigenvalue weighted by atomic mass is 9.76. The van der Waals surface area contributed by atoms with E-state index in [9.17, 15) is 14.3 Å². The van der Waals surface area contributed by atoms with Gasteiger partial charge in [0, 0.05) is 12.1 Å². The fourth-order valence-corrected chi connectivity index (χ4v) is 3.25. The molecule has 2 rings (SSSR count). The molecule has 0 bridgehead atoms. The first-order chi connectivity index (χ1) is 9.85. The van der Waals surface area contributed by atoms with E-state index < -0.39 is 12.0 Å². The minimum absolute atomic E-state index is 0.301. The van der Waals surface area contributed by atoms with Gasteiger partial charge in [0.1, 0.15) is 17.6 Å². The molecule has 0 saturated carbocycles. The van der Waals surface area contributed by atoms with Gasteiger partial charge in [-0.25, -0.2) is 4.39 Å². The van der Waals surface area contributed by atoms with Gasteiger partial charge in [-0.15, -0.1) is 0 Å². The van der Waals surface area contributed by atoms with Gasteiger partial charge in [0.15, 0.2) is 0 Å². The monoisotopic (exact) mass is 295 g/mol. The van der Waals surface area contributed by atoms with Crippen LogP contribution in [-0.2, 0) is 11.3 Å². The molecule has 1 aromatic carbocycles. The van der Waals surface area contributed by atoms with E-state index in [1.54, 1.807) is 6.07 Å². The molecule has 1 aliphatic heterocycles. The number of rotatable bonds is 4. The molecule has 116 valence electrons. The number of hydrogen-bond donors (Lipinski definition) is 1. The SMILES string of the molecule is COc1ccc(F)cc1CN1CCCC(C)(C)C1C(=O)O. The molecule has 1 aromatic rings. The van der Waals surface area contributed by atoms with E-state index in [1.165, 1.54) is 19.2 Å². The summed E-state index contributed by atoms with van der Waals surface area (Å²) < 4.78 is 18.7. The van der Waals surface area contributed by atoms with E-state index in [1.807, 2.05) is 18.7 Å². The molecule has 1 aliphatic rings. The maximum Gasteiger partial charge on any atom is 0.321 e. The van der Waals surface area contributed by atoms with Gasteiger partial charge in [-0.2, -0.15) is 0 Å². The smallest absolute Gasteiger partial charge is 0.321 e. The Kier molecular flexibility index (Phi) is 4.52. The maximum absolute atomic E-state index is 13.5. The van der Waals surface area contributed by atoms with Gasteiger partial charge in [-0.3, -0.25) is 9.69 Å². The summed E-state index contributed by atoms with van der Waals surface area (Å²) in [6, 6.07) is 3.77. The zero-order chi connectivity index (χ0) is 15.6. The van der Waals surface area contributed by atoms with Crippen molar-refractivity contribution in [2.75, 3.05) is 13.7 Å². The van der Waals surface area contributed by atoms with Crippen molar-refractivity contribution in [2.45, 2.75) is 39.3 Å². The zero-order valence-corrected chi connectivity index (χ0v) is 12.7. The van der Waals surface area contributed by atoms with E-state index in [-0.39, 0.29) is 11.2 Å². The lowest BCUT2D eigenvalue weighted by Crippen LogP contribution is -2.53. The first-order valence-electron chi connectivity index (χ1n) is 7.14. The number of piperidine rings is 1. The van der Waals surface area contributed by atoms with Crippen LogP contribution < -0.4 is 4.74 Å². The summed E-state index contributed by atoms with van der Waals surface area (Å²) in [4.78, 5) is 13.6. The summed E-state index contributed by atoms with van der Waals surface area (Å²) in [6.07, 6.45) is 1.81. The third kappa shape index (κ3) is 3.35. The number of carboxylic acid groups (broad SMARTS) is 1. The van der Waals surface area contributed by atoms with E-state index in [4.69, 9.17) is 4.74 Å². The van der Waals surface area contributed by atoms with Gasteiger partial charge in [0.05, 0.1) is 7.11 Å². The fraction of sp³-hybridized carbons (Fsp3) is 0.562. The number of benzene rings is 1. The number of nitrogens with zero attached hydrogens (tertiary/aromatic N) is 1. The van der Waals surface area contributed by atoms with Crippen molar-refractivity contribution >= 4 is 5.97 Å². The summed E-state index contributed by atoms with van der Waals surface area (Å²) >= 11 is 0. The molecule has 1 N–H and O–H groups in total. The Bertz CT molecular complexity index is 530. The largest absolute Gasteiger partial charge is 0.496 e. The van der Waals surface area contributed by atoms with Crippen molar-refractivity contribution < 1.29 is 19.0 Å². The van der Waals surface area contributed by atoms with Gasteiger partial charge in [0.2, 0.25) is 0 Å². The number of carboxylic acids is 1. The quantitative estimate of drug-likeness (QED) is 0.928. The van der Waals surface area contributed by atoms with Gasteiger partial charge in [0.25, 0.3) is 0 Å². The molecule has 0 spiro atoms. The van der Waals surface area contributed by atoms with Crippen molar-refractivity contribution in [1.82, 2.24) is 4.90 Å². The maximum atomic E-state index is 13.5. The minimum atomic E-state index is -0.824. The number of likely N-dealkylation sites (tertiary alicyclic amines) is 1. The van der Waals surface area contributed by atoms with E-state index >= 15 is 0 Å². The third-order valence-electron chi connectivity index (χ3n) is 4.22. The Morgan fingerprint density at radius 1 is 1.52 bits per heavy atom. The molecule has 1 unspecified atom stereocenters. The predicted molar refractivity (Wildman–Crippen MR) is 77.8 cm³/mol. The molecule has 0 aliphatic carbocycles. The Hall–Kier alpha value is -1.62. The standard InChI is InChI=1S/C16H22FNO3/c1-16(2)7-4-8-18(14(16)15(19)20)10-11-9-12(17)5-6-13(11)21-3/h5-6,9,14H,4,7-8,10H2,1-3H3,(H,19,20). The van der Waals surface area contributed by atoms with Crippen molar-refractivity contribution in [2.24, 2.45) is 5.41 Å². The number of carbonyl (C=O) groups is 1. The van der Waals surface area contributed by atoms with Crippen LogP contribution in [0.1, 0.15) is 32.3 Å². The molecule has 0 amide bonds. The zero-order valence-electron chi connectivity index (χ0n) is 12.7. The van der Waals surface area contributed by atoms with Gasteiger partial charge in [-0.05, 0) is 43.0 Å². The van der Waals surface area contributed by atoms with Crippen molar-refractivity contribution in [3.63, 3.8) is 0 Å². The van der Waals surface area contributed by atoms with Crippen LogP contribution in [0.3, 0.4) is 0 Å². The Morgan fingerprint density at radius 3 is 2.86 bits per heavy atom. The highest BCUT2D eigenvalue weighted by molar-refractivity contribution is 5.74. The van der Waals surface area contributed by atoms with Crippen LogP contribution in [0.2, 0.25) is 0 Å². The molecule has 4 nitrogen and oxygen atoms in total. The highest BCUT2D eigenvalue weighted by Gasteiger charge is 2.42. The number of ether oxygens (including phenoxy) is 1. The van der Waals surface area contributed by atoms with E-state index in [2.05, 4.69) is 0 Å². The Labute approximate surface area is 124 Å². The second kappa shape index (κ2) is 6.02. The topological polar surface area (TPSA) is 49.8 Å². The Balaban J connectivity index is 2.28. The Morgan fingerprint density at radius 2 is 2.24 bits per heavy atom. The van der Waals surface area contributed by atoms with Gasteiger partial charge < -0.3 is 9.84 Å². The second-order valence-electron chi connectivity index (χ2n) is 6.26. The molecule has 1 atom stereocenters. The fourth-order valence-electron chi connectivity index (χ4n) is 3.25. The van der Waals surface area contributed by atoms with Crippen LogP contribution >= 0.6 is 0 Å². The molecule has 0 radical (unpaired) electrons. The number of halogens is 1. The van der Waals surface area contributed by atoms with Crippen LogP contribution in [0.15, 0.2) is 18.2 Å². The third-order valence-corrected chi connectivity index (χ3v) is 4.22. The summed E-state index contributed by atoms with van der Waals surface area (Å²) in [5.74, 6) is -0.576. The van der Waals surface area contributed by atoms with Crippen LogP contribution in [0.4, 0.5) is 4.39 Å². The van der Waals surface area contributed by atoms with Crippen LogP contribution in [0, 0.1) is 11.2 Å². The lowest BCUT2D eigenvalue weighted by molar-refractivity contribution is -0.151. The van der Waals surface area contributed by atoms with Crippen molar-refractivity contribution in [1.29, 1.82) is 0 Å². The van der Waals surface area contributed by atoms with Crippen LogP contribution in [0.5, 0.6) is 5.75 Å². The molecule has 1 fully saturated rings. The average Bonchev–Trinajstić information content (AvgIpc) is 2.37. The number of methoxy groups -OCH3 is 1. The molecule has 0 aromatic heterocycles. The van der Waals surface area contributed by atoms with Crippen molar-refractivity contribution in [3.8, 4) is 5.75 Å². The molecule has 1 heterocycles. The number of aliphatic carboxylic acids is 1. The van der Waals surface area contributed by atoms with Crippen LogP contribution in [-0.4, -0.2) is 35.7 Å². The first-order valence-corrected chi connectivity index (χ1v) is 7.14. The first kappa shape index (κ1) is 15.8. The lowest BCUT2D eigenvalue weighted by Gasteiger charge is -2.44. The van der Waals surface area contributed by atoms with E-state index in [0.29, 0.717) is 24.4 Å². The van der Waals surface area contributed by atoms with Crippen LogP contribution in [0.25, 0.3) is 0 Å². The summed E-state index contributed by atoms with van der Waals surface area (Å²) in [6.45, 7) is 5.02. The van der Waals surface area contributed by atoms with Gasteiger partial charge in [-0.1, -0.05) is 13.8 Å². The highest BCUT2D eigenvalue weighted by Crippen LogP contribution is 2.36. The average molecular weight is 295 g/mol. The number of hydrogen-bond acceptors (Lipinski definition) is 3. The van der Waals surface area contributed by atoms with Gasteiger partial charge >= 0.3 is 5.97 Å². The predicted octanol–water partition coefficient (Wildman–Crippen LogP) is 2.91. The molecule has 1 saturated heterocycles. The molecular weight excluding hydrogens is 273 g/mol. The second-order valence-corrected chi connectivity index (χ2v) is 6.26. The molecule has 5 heteroatoms. The van der Waals surface area contributed by atoms with Crippen molar-refractivity contribution in [3.05, 3.63) is 29.6 Å². The summed E-state index contributed by atoms with van der Waals surface area (Å²) in [5.41, 5.74) is 0.381. The molecule has 21 heavy (non-hydrogen) atoms. The summed E-state index contributed by atoms with van der Waals surface area (Å²) in [7, 11) is 1.53. The summed E-state index contributed by atoms with van der Waals surface area (Å²) in [5, 5.41) is 9.56. The highest BCUT2D eigenvalue weighted by atomic mass is 19.1. The normalized spacial score (nSPS) is 22.0. The minimum Gasteiger partial charge on any atom is -0.496 e.